The number of aromatic nitrogens is 2. The molecule has 0 aromatic carbocycles. The summed E-state index contributed by atoms with van der Waals surface area (Å²) in [5.41, 5.74) is 1.10. The van der Waals surface area contributed by atoms with E-state index in [-0.39, 0.29) is 12.0 Å². The second-order valence-electron chi connectivity index (χ2n) is 3.72. The van der Waals surface area contributed by atoms with Gasteiger partial charge in [-0.05, 0) is 19.9 Å². The second-order valence-corrected chi connectivity index (χ2v) is 3.72. The maximum atomic E-state index is 11.8. The van der Waals surface area contributed by atoms with Crippen molar-refractivity contribution in [2.45, 2.75) is 20.0 Å². The summed E-state index contributed by atoms with van der Waals surface area (Å²) in [7, 11) is 3.31. The van der Waals surface area contributed by atoms with Crippen LogP contribution in [0.4, 0.5) is 5.95 Å². The lowest BCUT2D eigenvalue weighted by Gasteiger charge is -2.11. The van der Waals surface area contributed by atoms with E-state index in [9.17, 15) is 4.79 Å². The SMILES string of the molecule is CNc1nc(C)cc(C(=O)NCC(C)OC)n1. The van der Waals surface area contributed by atoms with Gasteiger partial charge in [0, 0.05) is 26.4 Å². The van der Waals surface area contributed by atoms with E-state index in [2.05, 4.69) is 20.6 Å². The van der Waals surface area contributed by atoms with E-state index in [0.717, 1.165) is 5.69 Å². The first kappa shape index (κ1) is 13.4. The van der Waals surface area contributed by atoms with Crippen LogP contribution in [0.1, 0.15) is 23.1 Å². The summed E-state index contributed by atoms with van der Waals surface area (Å²) in [6.07, 6.45) is -0.0225. The maximum absolute atomic E-state index is 11.8. The molecule has 1 aromatic rings. The number of nitrogens with one attached hydrogen (secondary N) is 2. The van der Waals surface area contributed by atoms with Crippen LogP contribution < -0.4 is 10.6 Å². The lowest BCUT2D eigenvalue weighted by atomic mass is 10.3. The summed E-state index contributed by atoms with van der Waals surface area (Å²) in [6.45, 7) is 4.15. The third-order valence-corrected chi connectivity index (χ3v) is 2.26. The van der Waals surface area contributed by atoms with Gasteiger partial charge in [0.15, 0.2) is 0 Å². The zero-order valence-electron chi connectivity index (χ0n) is 10.6. The highest BCUT2D eigenvalue weighted by Gasteiger charge is 2.10. The molecule has 6 nitrogen and oxygen atoms in total. The van der Waals surface area contributed by atoms with Crippen molar-refractivity contribution < 1.29 is 9.53 Å². The molecule has 0 aliphatic rings. The van der Waals surface area contributed by atoms with Gasteiger partial charge in [-0.1, -0.05) is 0 Å². The van der Waals surface area contributed by atoms with E-state index in [1.54, 1.807) is 20.2 Å². The number of carbonyl (C=O) groups is 1. The quantitative estimate of drug-likeness (QED) is 0.785. The summed E-state index contributed by atoms with van der Waals surface area (Å²) in [5, 5.41) is 5.56. The molecule has 17 heavy (non-hydrogen) atoms. The molecule has 1 heterocycles. The molecule has 0 aliphatic carbocycles. The average molecular weight is 238 g/mol. The molecule has 94 valence electrons. The molecule has 0 aliphatic heterocycles. The molecule has 6 heteroatoms. The Morgan fingerprint density at radius 1 is 1.53 bits per heavy atom. The van der Waals surface area contributed by atoms with E-state index in [1.807, 2.05) is 13.8 Å². The lowest BCUT2D eigenvalue weighted by Crippen LogP contribution is -2.32. The van der Waals surface area contributed by atoms with Gasteiger partial charge in [-0.25, -0.2) is 9.97 Å². The number of ether oxygens (including phenoxy) is 1. The average Bonchev–Trinajstić information content (AvgIpc) is 2.34. The summed E-state index contributed by atoms with van der Waals surface area (Å²) in [4.78, 5) is 20.0. The van der Waals surface area contributed by atoms with Crippen LogP contribution in [-0.4, -0.2) is 42.7 Å². The Balaban J connectivity index is 2.71. The van der Waals surface area contributed by atoms with Gasteiger partial charge < -0.3 is 15.4 Å². The van der Waals surface area contributed by atoms with Gasteiger partial charge in [-0.2, -0.15) is 0 Å². The van der Waals surface area contributed by atoms with Crippen molar-refractivity contribution in [2.24, 2.45) is 0 Å². The monoisotopic (exact) mass is 238 g/mol. The molecule has 0 saturated carbocycles. The number of carbonyl (C=O) groups excluding carboxylic acids is 1. The minimum atomic E-state index is -0.226. The Bertz CT molecular complexity index is 395. The molecule has 0 fully saturated rings. The van der Waals surface area contributed by atoms with Crippen LogP contribution in [0.5, 0.6) is 0 Å². The predicted molar refractivity (Wildman–Crippen MR) is 65.1 cm³/mol. The third-order valence-electron chi connectivity index (χ3n) is 2.26. The number of anilines is 1. The summed E-state index contributed by atoms with van der Waals surface area (Å²) in [5.74, 6) is 0.214. The Morgan fingerprint density at radius 3 is 2.82 bits per heavy atom. The first-order chi connectivity index (χ1) is 8.06. The van der Waals surface area contributed by atoms with Gasteiger partial charge in [0.25, 0.3) is 5.91 Å². The Kier molecular flexibility index (Phi) is 4.84. The van der Waals surface area contributed by atoms with Crippen molar-refractivity contribution in [3.05, 3.63) is 17.5 Å². The minimum absolute atomic E-state index is 0.0225. The topological polar surface area (TPSA) is 76.1 Å². The van der Waals surface area contributed by atoms with Crippen molar-refractivity contribution in [2.75, 3.05) is 26.0 Å². The molecule has 0 spiro atoms. The van der Waals surface area contributed by atoms with Crippen molar-refractivity contribution in [1.82, 2.24) is 15.3 Å². The van der Waals surface area contributed by atoms with Crippen LogP contribution in [0.2, 0.25) is 0 Å². The normalized spacial score (nSPS) is 12.0. The zero-order chi connectivity index (χ0) is 12.8. The van der Waals surface area contributed by atoms with Gasteiger partial charge in [0.1, 0.15) is 5.69 Å². The van der Waals surface area contributed by atoms with Gasteiger partial charge >= 0.3 is 0 Å². The van der Waals surface area contributed by atoms with Crippen LogP contribution in [0.3, 0.4) is 0 Å². The van der Waals surface area contributed by atoms with E-state index in [1.165, 1.54) is 0 Å². The van der Waals surface area contributed by atoms with Gasteiger partial charge in [-0.15, -0.1) is 0 Å². The number of amides is 1. The Hall–Kier alpha value is -1.69. The highest BCUT2D eigenvalue weighted by molar-refractivity contribution is 5.92. The van der Waals surface area contributed by atoms with Gasteiger partial charge in [0.05, 0.1) is 6.10 Å². The molecule has 0 bridgehead atoms. The standard InChI is InChI=1S/C11H18N4O2/c1-7-5-9(15-11(12-3)14-7)10(16)13-6-8(2)17-4/h5,8H,6H2,1-4H3,(H,13,16)(H,12,14,15). The first-order valence-electron chi connectivity index (χ1n) is 5.41. The molecule has 1 rings (SSSR count). The highest BCUT2D eigenvalue weighted by atomic mass is 16.5. The van der Waals surface area contributed by atoms with Gasteiger partial charge in [-0.3, -0.25) is 4.79 Å². The maximum Gasteiger partial charge on any atom is 0.270 e. The Labute approximate surface area is 101 Å². The summed E-state index contributed by atoms with van der Waals surface area (Å²) in [6, 6.07) is 1.65. The fraction of sp³-hybridized carbons (Fsp3) is 0.545. The van der Waals surface area contributed by atoms with Crippen LogP contribution in [0.25, 0.3) is 0 Å². The van der Waals surface area contributed by atoms with Gasteiger partial charge in [0.2, 0.25) is 5.95 Å². The fourth-order valence-corrected chi connectivity index (χ4v) is 1.21. The number of rotatable bonds is 5. The van der Waals surface area contributed by atoms with Crippen LogP contribution in [0.15, 0.2) is 6.07 Å². The van der Waals surface area contributed by atoms with E-state index >= 15 is 0 Å². The molecular weight excluding hydrogens is 220 g/mol. The summed E-state index contributed by atoms with van der Waals surface area (Å²) >= 11 is 0. The van der Waals surface area contributed by atoms with E-state index in [0.29, 0.717) is 18.2 Å². The fourth-order valence-electron chi connectivity index (χ4n) is 1.21. The molecule has 1 amide bonds. The van der Waals surface area contributed by atoms with Crippen molar-refractivity contribution in [3.63, 3.8) is 0 Å². The lowest BCUT2D eigenvalue weighted by molar-refractivity contribution is 0.0866. The molecule has 1 atom stereocenters. The molecule has 1 unspecified atom stereocenters. The number of hydrogen-bond acceptors (Lipinski definition) is 5. The van der Waals surface area contributed by atoms with Crippen molar-refractivity contribution in [1.29, 1.82) is 0 Å². The zero-order valence-corrected chi connectivity index (χ0v) is 10.6. The Morgan fingerprint density at radius 2 is 2.24 bits per heavy atom. The smallest absolute Gasteiger partial charge is 0.270 e. The first-order valence-corrected chi connectivity index (χ1v) is 5.41. The summed E-state index contributed by atoms with van der Waals surface area (Å²) < 4.78 is 5.05. The van der Waals surface area contributed by atoms with E-state index in [4.69, 9.17) is 4.74 Å². The number of nitrogens with zero attached hydrogens (tertiary/aromatic N) is 2. The van der Waals surface area contributed by atoms with Crippen molar-refractivity contribution >= 4 is 11.9 Å². The number of hydrogen-bond donors (Lipinski definition) is 2. The molecule has 2 N–H and O–H groups in total. The van der Waals surface area contributed by atoms with Crippen LogP contribution in [0, 0.1) is 6.92 Å². The molecular formula is C11H18N4O2. The number of aryl methyl sites for hydroxylation is 1. The number of methoxy groups -OCH3 is 1. The largest absolute Gasteiger partial charge is 0.380 e. The van der Waals surface area contributed by atoms with E-state index < -0.39 is 0 Å². The minimum Gasteiger partial charge on any atom is -0.380 e. The third kappa shape index (κ3) is 3.99. The van der Waals surface area contributed by atoms with Crippen LogP contribution >= 0.6 is 0 Å². The highest BCUT2D eigenvalue weighted by Crippen LogP contribution is 2.04. The molecule has 0 radical (unpaired) electrons. The molecule has 0 saturated heterocycles. The van der Waals surface area contributed by atoms with Crippen LogP contribution in [-0.2, 0) is 4.74 Å². The molecule has 1 aromatic heterocycles. The predicted octanol–water partition coefficient (Wildman–Crippen LogP) is 0.591. The second kappa shape index (κ2) is 6.15. The van der Waals surface area contributed by atoms with Crippen molar-refractivity contribution in [3.8, 4) is 0 Å².